The molecule has 1 aliphatic heterocycles. The molecule has 0 amide bonds. The zero-order valence-corrected chi connectivity index (χ0v) is 17.1. The van der Waals surface area contributed by atoms with Crippen LogP contribution in [0.5, 0.6) is 0 Å². The van der Waals surface area contributed by atoms with Crippen molar-refractivity contribution in [2.45, 2.75) is 34.2 Å². The van der Waals surface area contributed by atoms with E-state index >= 15 is 0 Å². The summed E-state index contributed by atoms with van der Waals surface area (Å²) in [5, 5.41) is 4.55. The Morgan fingerprint density at radius 3 is 2.62 bits per heavy atom. The summed E-state index contributed by atoms with van der Waals surface area (Å²) in [5.41, 5.74) is 4.12. The molecule has 0 aliphatic carbocycles. The van der Waals surface area contributed by atoms with E-state index in [1.807, 2.05) is 13.1 Å². The number of hydrogen-bond acceptors (Lipinski definition) is 4. The average Bonchev–Trinajstić information content (AvgIpc) is 3.06. The summed E-state index contributed by atoms with van der Waals surface area (Å²) in [6.45, 7) is 14.2. The topological polar surface area (TPSA) is 43.8 Å². The lowest BCUT2D eigenvalue weighted by Crippen LogP contribution is -2.52. The second kappa shape index (κ2) is 8.54. The maximum atomic E-state index is 4.83. The van der Waals surface area contributed by atoms with Crippen LogP contribution in [0.2, 0.25) is 0 Å². The molecule has 0 saturated carbocycles. The lowest BCUT2D eigenvalue weighted by atomic mass is 10.1. The molecular weight excluding hydrogens is 342 g/mol. The number of nitrogens with one attached hydrogen (secondary N) is 1. The number of thiazole rings is 1. The number of aromatic nitrogens is 1. The lowest BCUT2D eigenvalue weighted by molar-refractivity contribution is 0.372. The van der Waals surface area contributed by atoms with Crippen molar-refractivity contribution in [3.05, 3.63) is 45.4 Å². The molecule has 1 aromatic heterocycles. The van der Waals surface area contributed by atoms with Gasteiger partial charge in [0.2, 0.25) is 0 Å². The zero-order valence-electron chi connectivity index (χ0n) is 16.2. The van der Waals surface area contributed by atoms with Crippen molar-refractivity contribution in [3.63, 3.8) is 0 Å². The SMILES string of the molecule is CCNC(=NCc1cnc(C)s1)N1CCN(c2cccc(C)c2C)CC1. The van der Waals surface area contributed by atoms with Crippen molar-refractivity contribution in [1.82, 2.24) is 15.2 Å². The van der Waals surface area contributed by atoms with Gasteiger partial charge < -0.3 is 15.1 Å². The van der Waals surface area contributed by atoms with Crippen LogP contribution in [0, 0.1) is 20.8 Å². The predicted octanol–water partition coefficient (Wildman–Crippen LogP) is 3.36. The molecule has 2 aromatic rings. The van der Waals surface area contributed by atoms with Crippen molar-refractivity contribution < 1.29 is 0 Å². The number of aryl methyl sites for hydroxylation is 2. The Hall–Kier alpha value is -2.08. The van der Waals surface area contributed by atoms with Crippen molar-refractivity contribution >= 4 is 23.0 Å². The maximum Gasteiger partial charge on any atom is 0.194 e. The molecule has 1 aliphatic rings. The van der Waals surface area contributed by atoms with E-state index in [0.29, 0.717) is 6.54 Å². The smallest absolute Gasteiger partial charge is 0.194 e. The minimum atomic E-state index is 0.699. The van der Waals surface area contributed by atoms with Crippen LogP contribution in [-0.4, -0.2) is 48.6 Å². The Morgan fingerprint density at radius 2 is 1.96 bits per heavy atom. The second-order valence-electron chi connectivity index (χ2n) is 6.71. The maximum absolute atomic E-state index is 4.83. The number of anilines is 1. The molecule has 2 heterocycles. The third-order valence-electron chi connectivity index (χ3n) is 4.88. The van der Waals surface area contributed by atoms with Crippen LogP contribution in [0.15, 0.2) is 29.4 Å². The third kappa shape index (κ3) is 4.36. The first-order valence-corrected chi connectivity index (χ1v) is 10.2. The second-order valence-corrected chi connectivity index (χ2v) is 8.03. The van der Waals surface area contributed by atoms with Gasteiger partial charge in [0.05, 0.1) is 11.6 Å². The summed E-state index contributed by atoms with van der Waals surface area (Å²) in [5.74, 6) is 1.01. The fraction of sp³-hybridized carbons (Fsp3) is 0.500. The lowest BCUT2D eigenvalue weighted by Gasteiger charge is -2.38. The van der Waals surface area contributed by atoms with Gasteiger partial charge in [0.25, 0.3) is 0 Å². The summed E-state index contributed by atoms with van der Waals surface area (Å²) in [4.78, 5) is 15.2. The van der Waals surface area contributed by atoms with Crippen molar-refractivity contribution in [1.29, 1.82) is 0 Å². The van der Waals surface area contributed by atoms with E-state index in [9.17, 15) is 0 Å². The first-order valence-electron chi connectivity index (χ1n) is 9.34. The number of benzene rings is 1. The van der Waals surface area contributed by atoms with E-state index in [-0.39, 0.29) is 0 Å². The Balaban J connectivity index is 1.65. The first kappa shape index (κ1) is 18.7. The summed E-state index contributed by atoms with van der Waals surface area (Å²) in [6.07, 6.45) is 1.94. The van der Waals surface area contributed by atoms with Crippen molar-refractivity contribution in [2.24, 2.45) is 4.99 Å². The van der Waals surface area contributed by atoms with E-state index in [4.69, 9.17) is 4.99 Å². The quantitative estimate of drug-likeness (QED) is 0.661. The van der Waals surface area contributed by atoms with Crippen LogP contribution in [0.4, 0.5) is 5.69 Å². The van der Waals surface area contributed by atoms with Gasteiger partial charge in [-0.2, -0.15) is 0 Å². The Morgan fingerprint density at radius 1 is 1.19 bits per heavy atom. The van der Waals surface area contributed by atoms with Gasteiger partial charge in [0, 0.05) is 49.5 Å². The highest BCUT2D eigenvalue weighted by molar-refractivity contribution is 7.11. The Labute approximate surface area is 160 Å². The molecule has 140 valence electrons. The van der Waals surface area contributed by atoms with E-state index in [2.05, 4.69) is 59.1 Å². The highest BCUT2D eigenvalue weighted by atomic mass is 32.1. The fourth-order valence-corrected chi connectivity index (χ4v) is 4.01. The van der Waals surface area contributed by atoms with Gasteiger partial charge >= 0.3 is 0 Å². The number of guanidine groups is 1. The summed E-state index contributed by atoms with van der Waals surface area (Å²) >= 11 is 1.72. The monoisotopic (exact) mass is 371 g/mol. The number of rotatable bonds is 4. The van der Waals surface area contributed by atoms with Gasteiger partial charge in [-0.15, -0.1) is 11.3 Å². The molecule has 1 N–H and O–H groups in total. The van der Waals surface area contributed by atoms with Gasteiger partial charge in [-0.1, -0.05) is 12.1 Å². The van der Waals surface area contributed by atoms with Crippen LogP contribution in [-0.2, 0) is 6.54 Å². The molecule has 1 aromatic carbocycles. The summed E-state index contributed by atoms with van der Waals surface area (Å²) in [7, 11) is 0. The number of nitrogens with zero attached hydrogens (tertiary/aromatic N) is 4. The van der Waals surface area contributed by atoms with E-state index in [0.717, 1.165) is 43.7 Å². The minimum Gasteiger partial charge on any atom is -0.368 e. The van der Waals surface area contributed by atoms with Crippen molar-refractivity contribution in [3.8, 4) is 0 Å². The third-order valence-corrected chi connectivity index (χ3v) is 5.78. The molecule has 3 rings (SSSR count). The summed E-state index contributed by atoms with van der Waals surface area (Å²) < 4.78 is 0. The molecule has 1 fully saturated rings. The molecule has 6 heteroatoms. The standard InChI is InChI=1S/C20H29N5S/c1-5-21-20(23-14-18-13-22-17(4)26-18)25-11-9-24(10-12-25)19-8-6-7-15(2)16(19)3/h6-8,13H,5,9-12,14H2,1-4H3,(H,21,23). The Kier molecular flexibility index (Phi) is 6.14. The number of aliphatic imine (C=N–C) groups is 1. The van der Waals surface area contributed by atoms with Gasteiger partial charge in [0.15, 0.2) is 5.96 Å². The Bertz CT molecular complexity index is 759. The largest absolute Gasteiger partial charge is 0.368 e. The van der Waals surface area contributed by atoms with E-state index in [1.165, 1.54) is 21.7 Å². The molecular formula is C20H29N5S. The molecule has 0 unspecified atom stereocenters. The first-order chi connectivity index (χ1) is 12.6. The average molecular weight is 372 g/mol. The zero-order chi connectivity index (χ0) is 18.5. The molecule has 0 spiro atoms. The predicted molar refractivity (Wildman–Crippen MR) is 111 cm³/mol. The van der Waals surface area contributed by atoms with Crippen molar-refractivity contribution in [2.75, 3.05) is 37.6 Å². The van der Waals surface area contributed by atoms with Crippen LogP contribution in [0.3, 0.4) is 0 Å². The van der Waals surface area contributed by atoms with Gasteiger partial charge in [-0.05, 0) is 44.9 Å². The van der Waals surface area contributed by atoms with Gasteiger partial charge in [-0.3, -0.25) is 0 Å². The molecule has 0 radical (unpaired) electrons. The van der Waals surface area contributed by atoms with E-state index in [1.54, 1.807) is 11.3 Å². The van der Waals surface area contributed by atoms with Crippen LogP contribution in [0.25, 0.3) is 0 Å². The van der Waals surface area contributed by atoms with Gasteiger partial charge in [0.1, 0.15) is 0 Å². The molecule has 1 saturated heterocycles. The minimum absolute atomic E-state index is 0.699. The highest BCUT2D eigenvalue weighted by Crippen LogP contribution is 2.24. The van der Waals surface area contributed by atoms with E-state index < -0.39 is 0 Å². The summed E-state index contributed by atoms with van der Waals surface area (Å²) in [6, 6.07) is 6.59. The normalized spacial score (nSPS) is 15.5. The highest BCUT2D eigenvalue weighted by Gasteiger charge is 2.21. The number of piperazine rings is 1. The molecule has 0 atom stereocenters. The fourth-order valence-electron chi connectivity index (χ4n) is 3.29. The van der Waals surface area contributed by atoms with Gasteiger partial charge in [-0.25, -0.2) is 9.98 Å². The van der Waals surface area contributed by atoms with Crippen LogP contribution in [0.1, 0.15) is 27.9 Å². The van der Waals surface area contributed by atoms with Crippen LogP contribution >= 0.6 is 11.3 Å². The van der Waals surface area contributed by atoms with Crippen LogP contribution < -0.4 is 10.2 Å². The molecule has 26 heavy (non-hydrogen) atoms. The number of hydrogen-bond donors (Lipinski definition) is 1. The molecule has 0 bridgehead atoms. The molecule has 5 nitrogen and oxygen atoms in total.